The first-order valence-electron chi connectivity index (χ1n) is 6.26. The molecule has 1 saturated heterocycles. The first-order valence-corrected chi connectivity index (χ1v) is 6.26. The van der Waals surface area contributed by atoms with Crippen LogP contribution in [0.1, 0.15) is 34.6 Å². The van der Waals surface area contributed by atoms with E-state index in [0.717, 1.165) is 32.8 Å². The zero-order valence-corrected chi connectivity index (χ0v) is 11.8. The second-order valence-electron chi connectivity index (χ2n) is 6.38. The van der Waals surface area contributed by atoms with Gasteiger partial charge >= 0.3 is 0 Å². The van der Waals surface area contributed by atoms with Crippen molar-refractivity contribution in [3.63, 3.8) is 0 Å². The number of hydrogen-bond acceptors (Lipinski definition) is 3. The van der Waals surface area contributed by atoms with Gasteiger partial charge in [0.05, 0.1) is 6.61 Å². The lowest BCUT2D eigenvalue weighted by atomic mass is 9.94. The van der Waals surface area contributed by atoms with Gasteiger partial charge in [-0.1, -0.05) is 0 Å². The fourth-order valence-electron chi connectivity index (χ4n) is 2.38. The van der Waals surface area contributed by atoms with Crippen molar-refractivity contribution in [3.8, 4) is 0 Å². The lowest BCUT2D eigenvalue weighted by Crippen LogP contribution is -2.63. The molecule has 0 amide bonds. The van der Waals surface area contributed by atoms with E-state index in [2.05, 4.69) is 44.4 Å². The molecule has 1 rings (SSSR count). The van der Waals surface area contributed by atoms with Crippen molar-refractivity contribution in [2.75, 3.05) is 39.9 Å². The molecule has 0 radical (unpaired) electrons. The van der Waals surface area contributed by atoms with Crippen molar-refractivity contribution in [3.05, 3.63) is 0 Å². The number of nitrogens with zero attached hydrogens (tertiary/aromatic N) is 2. The van der Waals surface area contributed by atoms with Crippen LogP contribution in [0.5, 0.6) is 0 Å². The number of rotatable bonds is 3. The monoisotopic (exact) mass is 228 g/mol. The van der Waals surface area contributed by atoms with Gasteiger partial charge < -0.3 is 4.74 Å². The third-order valence-corrected chi connectivity index (χ3v) is 3.59. The lowest BCUT2D eigenvalue weighted by Gasteiger charge is -2.51. The largest absolute Gasteiger partial charge is 0.383 e. The third kappa shape index (κ3) is 3.44. The lowest BCUT2D eigenvalue weighted by molar-refractivity contribution is -0.0288. The standard InChI is InChI=1S/C13H28N2O/c1-12(2,3)15-8-7-14(9-10-16-6)13(4,5)11-15/h7-11H2,1-6H3. The summed E-state index contributed by atoms with van der Waals surface area (Å²) in [6.45, 7) is 16.9. The summed E-state index contributed by atoms with van der Waals surface area (Å²) in [6.07, 6.45) is 0. The second-order valence-corrected chi connectivity index (χ2v) is 6.38. The van der Waals surface area contributed by atoms with Crippen molar-refractivity contribution in [1.29, 1.82) is 0 Å². The Morgan fingerprint density at radius 1 is 1.19 bits per heavy atom. The quantitative estimate of drug-likeness (QED) is 0.733. The van der Waals surface area contributed by atoms with E-state index in [1.54, 1.807) is 7.11 Å². The van der Waals surface area contributed by atoms with E-state index in [-0.39, 0.29) is 11.1 Å². The van der Waals surface area contributed by atoms with Crippen LogP contribution in [0.25, 0.3) is 0 Å². The van der Waals surface area contributed by atoms with Crippen LogP contribution in [0.3, 0.4) is 0 Å². The van der Waals surface area contributed by atoms with Gasteiger partial charge in [0.2, 0.25) is 0 Å². The highest BCUT2D eigenvalue weighted by atomic mass is 16.5. The molecule has 0 atom stereocenters. The number of methoxy groups -OCH3 is 1. The molecule has 0 bridgehead atoms. The summed E-state index contributed by atoms with van der Waals surface area (Å²) >= 11 is 0. The Labute approximate surface area is 101 Å². The van der Waals surface area contributed by atoms with Crippen LogP contribution in [0.15, 0.2) is 0 Å². The maximum atomic E-state index is 5.18. The molecule has 3 heteroatoms. The molecular formula is C13H28N2O. The van der Waals surface area contributed by atoms with E-state index >= 15 is 0 Å². The zero-order valence-electron chi connectivity index (χ0n) is 11.8. The maximum Gasteiger partial charge on any atom is 0.0589 e. The van der Waals surface area contributed by atoms with Crippen LogP contribution in [0.4, 0.5) is 0 Å². The molecule has 0 saturated carbocycles. The summed E-state index contributed by atoms with van der Waals surface area (Å²) < 4.78 is 5.18. The van der Waals surface area contributed by atoms with Gasteiger partial charge in [-0.25, -0.2) is 0 Å². The Balaban J connectivity index is 2.58. The molecule has 0 aromatic carbocycles. The van der Waals surface area contributed by atoms with Crippen LogP contribution >= 0.6 is 0 Å². The summed E-state index contributed by atoms with van der Waals surface area (Å²) in [4.78, 5) is 5.12. The second kappa shape index (κ2) is 5.03. The van der Waals surface area contributed by atoms with E-state index in [4.69, 9.17) is 4.74 Å². The summed E-state index contributed by atoms with van der Waals surface area (Å²) in [6, 6.07) is 0. The molecule has 96 valence electrons. The fourth-order valence-corrected chi connectivity index (χ4v) is 2.38. The molecular weight excluding hydrogens is 200 g/mol. The minimum atomic E-state index is 0.254. The van der Waals surface area contributed by atoms with Crippen LogP contribution < -0.4 is 0 Å². The number of ether oxygens (including phenoxy) is 1. The van der Waals surface area contributed by atoms with Gasteiger partial charge in [0.1, 0.15) is 0 Å². The van der Waals surface area contributed by atoms with Crippen molar-refractivity contribution in [1.82, 2.24) is 9.80 Å². The molecule has 16 heavy (non-hydrogen) atoms. The van der Waals surface area contributed by atoms with E-state index in [0.29, 0.717) is 0 Å². The summed E-state index contributed by atoms with van der Waals surface area (Å²) in [7, 11) is 1.78. The van der Waals surface area contributed by atoms with Crippen LogP contribution in [-0.2, 0) is 4.74 Å². The molecule has 1 aliphatic rings. The van der Waals surface area contributed by atoms with Gasteiger partial charge in [0.25, 0.3) is 0 Å². The summed E-state index contributed by atoms with van der Waals surface area (Å²) in [5, 5.41) is 0. The number of hydrogen-bond donors (Lipinski definition) is 0. The van der Waals surface area contributed by atoms with Crippen LogP contribution in [0.2, 0.25) is 0 Å². The molecule has 3 nitrogen and oxygen atoms in total. The van der Waals surface area contributed by atoms with Crippen molar-refractivity contribution in [2.45, 2.75) is 45.7 Å². The smallest absolute Gasteiger partial charge is 0.0589 e. The molecule has 1 aliphatic heterocycles. The van der Waals surface area contributed by atoms with Gasteiger partial charge in [0, 0.05) is 44.4 Å². The fraction of sp³-hybridized carbons (Fsp3) is 1.00. The highest BCUT2D eigenvalue weighted by Crippen LogP contribution is 2.25. The third-order valence-electron chi connectivity index (χ3n) is 3.59. The zero-order chi connectivity index (χ0) is 12.4. The van der Waals surface area contributed by atoms with Crippen LogP contribution in [-0.4, -0.2) is 60.8 Å². The van der Waals surface area contributed by atoms with E-state index in [9.17, 15) is 0 Å². The molecule has 1 fully saturated rings. The molecule has 0 aliphatic carbocycles. The minimum absolute atomic E-state index is 0.254. The highest BCUT2D eigenvalue weighted by Gasteiger charge is 2.36. The van der Waals surface area contributed by atoms with Gasteiger partial charge in [-0.2, -0.15) is 0 Å². The van der Waals surface area contributed by atoms with Crippen molar-refractivity contribution >= 4 is 0 Å². The van der Waals surface area contributed by atoms with Crippen LogP contribution in [0, 0.1) is 0 Å². The predicted molar refractivity (Wildman–Crippen MR) is 68.9 cm³/mol. The Kier molecular flexibility index (Phi) is 4.38. The molecule has 0 N–H and O–H groups in total. The summed E-state index contributed by atoms with van der Waals surface area (Å²) in [5.41, 5.74) is 0.536. The van der Waals surface area contributed by atoms with Gasteiger partial charge in [-0.3, -0.25) is 9.80 Å². The molecule has 0 aromatic heterocycles. The predicted octanol–water partition coefficient (Wildman–Crippen LogP) is 1.83. The first-order chi connectivity index (χ1) is 7.27. The van der Waals surface area contributed by atoms with E-state index < -0.39 is 0 Å². The van der Waals surface area contributed by atoms with Gasteiger partial charge in [-0.05, 0) is 34.6 Å². The minimum Gasteiger partial charge on any atom is -0.383 e. The first kappa shape index (κ1) is 13.9. The van der Waals surface area contributed by atoms with Gasteiger partial charge in [-0.15, -0.1) is 0 Å². The Bertz CT molecular complexity index is 220. The Hall–Kier alpha value is -0.120. The molecule has 0 spiro atoms. The topological polar surface area (TPSA) is 15.7 Å². The molecule has 1 heterocycles. The van der Waals surface area contributed by atoms with Crippen molar-refractivity contribution < 1.29 is 4.74 Å². The summed E-state index contributed by atoms with van der Waals surface area (Å²) in [5.74, 6) is 0. The highest BCUT2D eigenvalue weighted by molar-refractivity contribution is 4.93. The number of piperazine rings is 1. The Morgan fingerprint density at radius 2 is 1.81 bits per heavy atom. The van der Waals surface area contributed by atoms with Gasteiger partial charge in [0.15, 0.2) is 0 Å². The average molecular weight is 228 g/mol. The molecule has 0 aromatic rings. The average Bonchev–Trinajstić information content (AvgIpc) is 2.13. The van der Waals surface area contributed by atoms with Crippen molar-refractivity contribution in [2.24, 2.45) is 0 Å². The molecule has 0 unspecified atom stereocenters. The normalized spacial score (nSPS) is 23.6. The van der Waals surface area contributed by atoms with E-state index in [1.807, 2.05) is 0 Å². The SMILES string of the molecule is COCCN1CCN(C(C)(C)C)CC1(C)C. The Morgan fingerprint density at radius 3 is 2.25 bits per heavy atom. The maximum absolute atomic E-state index is 5.18. The van der Waals surface area contributed by atoms with E-state index in [1.165, 1.54) is 0 Å².